The molecule has 0 unspecified atom stereocenters. The monoisotopic (exact) mass is 351 g/mol. The average molecular weight is 351 g/mol. The van der Waals surface area contributed by atoms with Gasteiger partial charge in [0.2, 0.25) is 0 Å². The van der Waals surface area contributed by atoms with Gasteiger partial charge in [-0.15, -0.1) is 0 Å². The summed E-state index contributed by atoms with van der Waals surface area (Å²) in [6.07, 6.45) is 0. The third-order valence-corrected chi connectivity index (χ3v) is 4.91. The summed E-state index contributed by atoms with van der Waals surface area (Å²) >= 11 is 0. The minimum absolute atomic E-state index is 0.0129. The molecule has 0 amide bonds. The summed E-state index contributed by atoms with van der Waals surface area (Å²) in [6.45, 7) is -0.0129. The highest BCUT2D eigenvalue weighted by Gasteiger charge is 2.15. The molecule has 0 radical (unpaired) electrons. The van der Waals surface area contributed by atoms with Gasteiger partial charge in [0.25, 0.3) is 5.91 Å². The zero-order valence-corrected chi connectivity index (χ0v) is 14.6. The van der Waals surface area contributed by atoms with E-state index in [1.54, 1.807) is 4.57 Å². The van der Waals surface area contributed by atoms with E-state index in [2.05, 4.69) is 6.07 Å². The second kappa shape index (κ2) is 6.29. The van der Waals surface area contributed by atoms with Crippen LogP contribution in [-0.4, -0.2) is 17.1 Å². The Hall–Kier alpha value is -3.59. The third-order valence-electron chi connectivity index (χ3n) is 4.91. The van der Waals surface area contributed by atoms with Crippen molar-refractivity contribution in [3.05, 3.63) is 91.0 Å². The lowest BCUT2D eigenvalue weighted by atomic mass is 10.1. The molecule has 0 saturated heterocycles. The highest BCUT2D eigenvalue weighted by molar-refractivity contribution is 6.13. The Labute approximate surface area is 156 Å². The fraction of sp³-hybridized carbons (Fsp3) is 0.0417. The summed E-state index contributed by atoms with van der Waals surface area (Å²) in [5.74, 6) is 0.614. The Morgan fingerprint density at radius 2 is 1.30 bits per heavy atom. The molecule has 130 valence electrons. The first-order valence-electron chi connectivity index (χ1n) is 8.94. The standard InChI is InChI=1S/C24H17NO2/c26-24(16-27-19-14-13-17-7-1-2-8-18(17)15-19)25-22-11-5-3-9-20(22)21-10-4-6-12-23(21)25/h1-15H,16H2. The van der Waals surface area contributed by atoms with E-state index in [4.69, 9.17) is 4.74 Å². The van der Waals surface area contributed by atoms with Gasteiger partial charge in [0.15, 0.2) is 6.61 Å². The number of rotatable bonds is 3. The maximum atomic E-state index is 13.0. The third kappa shape index (κ3) is 2.64. The van der Waals surface area contributed by atoms with E-state index in [9.17, 15) is 4.79 Å². The molecule has 27 heavy (non-hydrogen) atoms. The van der Waals surface area contributed by atoms with E-state index in [1.165, 1.54) is 0 Å². The molecule has 0 bridgehead atoms. The first-order chi connectivity index (χ1) is 13.3. The maximum Gasteiger partial charge on any atom is 0.269 e. The molecule has 0 aliphatic heterocycles. The minimum atomic E-state index is -0.0828. The van der Waals surface area contributed by atoms with Crippen LogP contribution < -0.4 is 4.74 Å². The molecular weight excluding hydrogens is 334 g/mol. The van der Waals surface area contributed by atoms with Crippen molar-refractivity contribution in [2.75, 3.05) is 6.61 Å². The summed E-state index contributed by atoms with van der Waals surface area (Å²) in [6, 6.07) is 29.9. The molecule has 3 heteroatoms. The molecule has 1 aromatic heterocycles. The highest BCUT2D eigenvalue weighted by Crippen LogP contribution is 2.28. The first kappa shape index (κ1) is 15.6. The van der Waals surface area contributed by atoms with Crippen molar-refractivity contribution in [3.8, 4) is 5.75 Å². The fourth-order valence-electron chi connectivity index (χ4n) is 3.66. The lowest BCUT2D eigenvalue weighted by Gasteiger charge is -2.09. The average Bonchev–Trinajstić information content (AvgIpc) is 3.06. The maximum absolute atomic E-state index is 13.0. The molecule has 1 heterocycles. The van der Waals surface area contributed by atoms with Gasteiger partial charge in [-0.2, -0.15) is 0 Å². The van der Waals surface area contributed by atoms with Crippen LogP contribution >= 0.6 is 0 Å². The van der Waals surface area contributed by atoms with Crippen molar-refractivity contribution in [1.82, 2.24) is 4.57 Å². The van der Waals surface area contributed by atoms with E-state index < -0.39 is 0 Å². The van der Waals surface area contributed by atoms with Gasteiger partial charge < -0.3 is 4.74 Å². The Morgan fingerprint density at radius 3 is 2.00 bits per heavy atom. The van der Waals surface area contributed by atoms with E-state index in [1.807, 2.05) is 84.9 Å². The van der Waals surface area contributed by atoms with Crippen molar-refractivity contribution >= 4 is 38.5 Å². The van der Waals surface area contributed by atoms with Crippen LogP contribution in [0.1, 0.15) is 4.79 Å². The largest absolute Gasteiger partial charge is 0.484 e. The molecule has 0 aliphatic carbocycles. The molecule has 4 aromatic carbocycles. The molecule has 5 rings (SSSR count). The Morgan fingerprint density at radius 1 is 0.704 bits per heavy atom. The fourth-order valence-corrected chi connectivity index (χ4v) is 3.66. The number of aromatic nitrogens is 1. The lowest BCUT2D eigenvalue weighted by molar-refractivity contribution is 0.0848. The zero-order chi connectivity index (χ0) is 18.2. The summed E-state index contributed by atoms with van der Waals surface area (Å²) in [7, 11) is 0. The van der Waals surface area contributed by atoms with Crippen LogP contribution in [0.15, 0.2) is 91.0 Å². The Bertz CT molecular complexity index is 1250. The zero-order valence-electron chi connectivity index (χ0n) is 14.6. The summed E-state index contributed by atoms with van der Waals surface area (Å²) in [4.78, 5) is 13.0. The van der Waals surface area contributed by atoms with Crippen LogP contribution in [0.3, 0.4) is 0 Å². The predicted octanol–water partition coefficient (Wildman–Crippen LogP) is 5.67. The topological polar surface area (TPSA) is 31.2 Å². The van der Waals surface area contributed by atoms with Crippen LogP contribution in [0, 0.1) is 0 Å². The quantitative estimate of drug-likeness (QED) is 0.419. The van der Waals surface area contributed by atoms with Crippen LogP contribution in [-0.2, 0) is 0 Å². The van der Waals surface area contributed by atoms with Crippen LogP contribution in [0.5, 0.6) is 5.75 Å². The van der Waals surface area contributed by atoms with Crippen molar-refractivity contribution in [2.24, 2.45) is 0 Å². The summed E-state index contributed by atoms with van der Waals surface area (Å²) in [5, 5.41) is 4.40. The van der Waals surface area contributed by atoms with E-state index in [-0.39, 0.29) is 12.5 Å². The second-order valence-corrected chi connectivity index (χ2v) is 6.56. The van der Waals surface area contributed by atoms with Gasteiger partial charge in [0.1, 0.15) is 5.75 Å². The van der Waals surface area contributed by atoms with Crippen molar-refractivity contribution in [1.29, 1.82) is 0 Å². The number of carbonyl (C=O) groups excluding carboxylic acids is 1. The number of para-hydroxylation sites is 2. The second-order valence-electron chi connectivity index (χ2n) is 6.56. The van der Waals surface area contributed by atoms with Crippen molar-refractivity contribution in [3.63, 3.8) is 0 Å². The highest BCUT2D eigenvalue weighted by atomic mass is 16.5. The van der Waals surface area contributed by atoms with E-state index in [0.717, 1.165) is 32.6 Å². The molecule has 0 fully saturated rings. The molecule has 5 aromatic rings. The SMILES string of the molecule is O=C(COc1ccc2ccccc2c1)n1c2ccccc2c2ccccc21. The number of hydrogen-bond donors (Lipinski definition) is 0. The smallest absolute Gasteiger partial charge is 0.269 e. The number of nitrogens with zero attached hydrogens (tertiary/aromatic N) is 1. The van der Waals surface area contributed by atoms with Crippen LogP contribution in [0.4, 0.5) is 0 Å². The first-order valence-corrected chi connectivity index (χ1v) is 8.94. The predicted molar refractivity (Wildman–Crippen MR) is 110 cm³/mol. The molecule has 3 nitrogen and oxygen atoms in total. The van der Waals surface area contributed by atoms with Gasteiger partial charge >= 0.3 is 0 Å². The van der Waals surface area contributed by atoms with Crippen LogP contribution in [0.2, 0.25) is 0 Å². The van der Waals surface area contributed by atoms with Crippen LogP contribution in [0.25, 0.3) is 32.6 Å². The molecule has 0 atom stereocenters. The number of ether oxygens (including phenoxy) is 1. The van der Waals surface area contributed by atoms with Gasteiger partial charge in [0.05, 0.1) is 11.0 Å². The summed E-state index contributed by atoms with van der Waals surface area (Å²) < 4.78 is 7.58. The number of carbonyl (C=O) groups is 1. The van der Waals surface area contributed by atoms with Gasteiger partial charge in [-0.1, -0.05) is 66.7 Å². The van der Waals surface area contributed by atoms with Gasteiger partial charge in [0, 0.05) is 10.8 Å². The molecule has 0 saturated carbocycles. The molecular formula is C24H17NO2. The number of fused-ring (bicyclic) bond motifs is 4. The van der Waals surface area contributed by atoms with Gasteiger partial charge in [-0.05, 0) is 35.0 Å². The van der Waals surface area contributed by atoms with Gasteiger partial charge in [-0.25, -0.2) is 0 Å². The van der Waals surface area contributed by atoms with Gasteiger partial charge in [-0.3, -0.25) is 9.36 Å². The molecule has 0 aliphatic rings. The summed E-state index contributed by atoms with van der Waals surface area (Å²) in [5.41, 5.74) is 1.82. The number of benzene rings is 4. The number of hydrogen-bond acceptors (Lipinski definition) is 2. The van der Waals surface area contributed by atoms with Crippen molar-refractivity contribution < 1.29 is 9.53 Å². The molecule has 0 N–H and O–H groups in total. The van der Waals surface area contributed by atoms with Crippen molar-refractivity contribution in [2.45, 2.75) is 0 Å². The van der Waals surface area contributed by atoms with E-state index >= 15 is 0 Å². The normalized spacial score (nSPS) is 11.3. The van der Waals surface area contributed by atoms with E-state index in [0.29, 0.717) is 5.75 Å². The molecule has 0 spiro atoms. The Balaban J connectivity index is 1.50. The minimum Gasteiger partial charge on any atom is -0.484 e. The lowest BCUT2D eigenvalue weighted by Crippen LogP contribution is -2.19. The Kier molecular flexibility index (Phi) is 3.65.